The third-order valence-electron chi connectivity index (χ3n) is 4.08. The molecule has 113 valence electrons. The molecule has 4 rings (SSSR count). The summed E-state index contributed by atoms with van der Waals surface area (Å²) >= 11 is 3.49. The van der Waals surface area contributed by atoms with Crippen LogP contribution in [0.25, 0.3) is 22.3 Å². The number of hydrogen-bond acceptors (Lipinski definition) is 1. The first-order valence-corrected chi connectivity index (χ1v) is 8.26. The number of hydrogen-bond donors (Lipinski definition) is 1. The number of nitrogens with one attached hydrogen (secondary N) is 1. The molecule has 0 amide bonds. The lowest BCUT2D eigenvalue weighted by atomic mass is 10.1. The predicted molar refractivity (Wildman–Crippen MR) is 96.3 cm³/mol. The maximum atomic E-state index is 4.34. The smallest absolute Gasteiger partial charge is 0.0931 e. The van der Waals surface area contributed by atoms with Crippen molar-refractivity contribution in [3.63, 3.8) is 0 Å². The van der Waals surface area contributed by atoms with Gasteiger partial charge in [0.1, 0.15) is 0 Å². The Morgan fingerprint density at radius 2 is 2.00 bits per heavy atom. The summed E-state index contributed by atoms with van der Waals surface area (Å²) in [6.45, 7) is 2.90. The highest BCUT2D eigenvalue weighted by molar-refractivity contribution is 9.10. The molecule has 0 atom stereocenters. The van der Waals surface area contributed by atoms with Gasteiger partial charge in [0.15, 0.2) is 0 Å². The standard InChI is InChI=1S/C19H15BrN3/c1-13-2-9-19(15-4-6-16(20)7-5-15)23(13)11-14-3-8-17-18(10-14)22-12-21-17/h3-10,12H,11H2,1H3,(H,21,22). The molecule has 0 bridgehead atoms. The minimum absolute atomic E-state index is 0.809. The quantitative estimate of drug-likeness (QED) is 0.548. The molecule has 2 aromatic heterocycles. The molecule has 2 aromatic carbocycles. The Morgan fingerprint density at radius 1 is 1.17 bits per heavy atom. The number of nitrogens with zero attached hydrogens (tertiary/aromatic N) is 2. The van der Waals surface area contributed by atoms with Crippen molar-refractivity contribution in [1.29, 1.82) is 0 Å². The van der Waals surface area contributed by atoms with Crippen LogP contribution < -0.4 is 0 Å². The molecular weight excluding hydrogens is 350 g/mol. The fourth-order valence-electron chi connectivity index (χ4n) is 2.83. The fourth-order valence-corrected chi connectivity index (χ4v) is 3.10. The molecule has 1 N–H and O–H groups in total. The summed E-state index contributed by atoms with van der Waals surface area (Å²) in [5.74, 6) is 0. The van der Waals surface area contributed by atoms with E-state index in [0.717, 1.165) is 27.7 Å². The average molecular weight is 365 g/mol. The lowest BCUT2D eigenvalue weighted by molar-refractivity contribution is 0.784. The average Bonchev–Trinajstić information content (AvgIpc) is 3.16. The Bertz CT molecular complexity index is 964. The van der Waals surface area contributed by atoms with Crippen molar-refractivity contribution in [2.24, 2.45) is 0 Å². The summed E-state index contributed by atoms with van der Waals surface area (Å²) in [4.78, 5) is 7.47. The summed E-state index contributed by atoms with van der Waals surface area (Å²) in [5.41, 5.74) is 6.80. The second-order valence-corrected chi connectivity index (χ2v) is 6.52. The maximum Gasteiger partial charge on any atom is 0.0931 e. The van der Waals surface area contributed by atoms with Gasteiger partial charge in [0, 0.05) is 28.5 Å². The lowest BCUT2D eigenvalue weighted by Gasteiger charge is -2.12. The highest BCUT2D eigenvalue weighted by Crippen LogP contribution is 2.25. The SMILES string of the molecule is Cc1[c]cc(-c2ccc(Br)cc2)n1Cc1ccc2[nH]cnc2c1. The van der Waals surface area contributed by atoms with Crippen LogP contribution in [0.15, 0.2) is 59.3 Å². The summed E-state index contributed by atoms with van der Waals surface area (Å²) in [7, 11) is 0. The van der Waals surface area contributed by atoms with E-state index in [1.54, 1.807) is 6.33 Å². The zero-order chi connectivity index (χ0) is 15.8. The Morgan fingerprint density at radius 3 is 2.83 bits per heavy atom. The second kappa shape index (κ2) is 5.70. The molecule has 2 heterocycles. The molecule has 23 heavy (non-hydrogen) atoms. The van der Waals surface area contributed by atoms with Crippen LogP contribution in [0, 0.1) is 13.0 Å². The van der Waals surface area contributed by atoms with Gasteiger partial charge >= 0.3 is 0 Å². The van der Waals surface area contributed by atoms with E-state index in [1.165, 1.54) is 16.8 Å². The third kappa shape index (κ3) is 2.70. The largest absolute Gasteiger partial charge is 0.345 e. The normalized spacial score (nSPS) is 11.2. The summed E-state index contributed by atoms with van der Waals surface area (Å²) in [6, 6.07) is 20.1. The molecule has 0 unspecified atom stereocenters. The molecule has 4 heteroatoms. The Hall–Kier alpha value is -2.33. The maximum absolute atomic E-state index is 4.34. The number of aromatic nitrogens is 3. The van der Waals surface area contributed by atoms with Crippen molar-refractivity contribution >= 4 is 27.0 Å². The molecule has 1 radical (unpaired) electrons. The van der Waals surface area contributed by atoms with Gasteiger partial charge in [0.2, 0.25) is 0 Å². The van der Waals surface area contributed by atoms with E-state index in [-0.39, 0.29) is 0 Å². The van der Waals surface area contributed by atoms with Crippen molar-refractivity contribution in [2.45, 2.75) is 13.5 Å². The van der Waals surface area contributed by atoms with Crippen molar-refractivity contribution < 1.29 is 0 Å². The summed E-state index contributed by atoms with van der Waals surface area (Å²) < 4.78 is 3.38. The van der Waals surface area contributed by atoms with Crippen LogP contribution in [0.3, 0.4) is 0 Å². The number of aromatic amines is 1. The van der Waals surface area contributed by atoms with Gasteiger partial charge in [0.25, 0.3) is 0 Å². The van der Waals surface area contributed by atoms with E-state index in [1.807, 2.05) is 0 Å². The van der Waals surface area contributed by atoms with Gasteiger partial charge in [-0.3, -0.25) is 0 Å². The molecule has 0 aliphatic rings. The number of fused-ring (bicyclic) bond motifs is 1. The van der Waals surface area contributed by atoms with Crippen molar-refractivity contribution in [2.75, 3.05) is 0 Å². The zero-order valence-corrected chi connectivity index (χ0v) is 14.3. The summed E-state index contributed by atoms with van der Waals surface area (Å²) in [5, 5.41) is 0. The van der Waals surface area contributed by atoms with Gasteiger partial charge in [0.05, 0.1) is 17.4 Å². The molecule has 3 nitrogen and oxygen atoms in total. The van der Waals surface area contributed by atoms with E-state index in [0.29, 0.717) is 0 Å². The van der Waals surface area contributed by atoms with Crippen molar-refractivity contribution in [3.8, 4) is 11.3 Å². The van der Waals surface area contributed by atoms with Crippen LogP contribution in [0.2, 0.25) is 0 Å². The predicted octanol–water partition coefficient (Wildman–Crippen LogP) is 4.95. The first kappa shape index (κ1) is 14.3. The molecule has 4 aromatic rings. The first-order valence-electron chi connectivity index (χ1n) is 7.46. The van der Waals surface area contributed by atoms with E-state index >= 15 is 0 Å². The van der Waals surface area contributed by atoms with E-state index in [9.17, 15) is 0 Å². The van der Waals surface area contributed by atoms with Crippen LogP contribution in [0.5, 0.6) is 0 Å². The number of imidazole rings is 1. The monoisotopic (exact) mass is 364 g/mol. The van der Waals surface area contributed by atoms with Crippen LogP contribution >= 0.6 is 15.9 Å². The van der Waals surface area contributed by atoms with Gasteiger partial charge in [-0.25, -0.2) is 4.98 Å². The van der Waals surface area contributed by atoms with Crippen LogP contribution in [-0.4, -0.2) is 14.5 Å². The van der Waals surface area contributed by atoms with Crippen molar-refractivity contribution in [3.05, 3.63) is 76.7 Å². The number of aryl methyl sites for hydroxylation is 1. The highest BCUT2D eigenvalue weighted by Gasteiger charge is 2.09. The Labute approximate surface area is 143 Å². The number of rotatable bonds is 3. The van der Waals surface area contributed by atoms with Gasteiger partial charge in [-0.15, -0.1) is 0 Å². The molecular formula is C19H15BrN3. The first-order chi connectivity index (χ1) is 11.2. The molecule has 0 saturated heterocycles. The van der Waals surface area contributed by atoms with E-state index < -0.39 is 0 Å². The van der Waals surface area contributed by atoms with Gasteiger partial charge < -0.3 is 9.55 Å². The Kier molecular flexibility index (Phi) is 3.54. The van der Waals surface area contributed by atoms with Crippen LogP contribution in [0.4, 0.5) is 0 Å². The molecule has 0 aliphatic heterocycles. The molecule has 0 aliphatic carbocycles. The molecule has 0 spiro atoms. The molecule has 0 saturated carbocycles. The third-order valence-corrected chi connectivity index (χ3v) is 4.61. The lowest BCUT2D eigenvalue weighted by Crippen LogP contribution is -2.03. The van der Waals surface area contributed by atoms with Gasteiger partial charge in [-0.1, -0.05) is 34.1 Å². The highest BCUT2D eigenvalue weighted by atomic mass is 79.9. The Balaban J connectivity index is 1.73. The number of benzene rings is 2. The number of H-pyrrole nitrogens is 1. The minimum atomic E-state index is 0.809. The van der Waals surface area contributed by atoms with Crippen LogP contribution in [0.1, 0.15) is 11.3 Å². The minimum Gasteiger partial charge on any atom is -0.345 e. The van der Waals surface area contributed by atoms with Gasteiger partial charge in [-0.05, 0) is 48.4 Å². The topological polar surface area (TPSA) is 33.6 Å². The van der Waals surface area contributed by atoms with Crippen molar-refractivity contribution in [1.82, 2.24) is 14.5 Å². The van der Waals surface area contributed by atoms with Crippen LogP contribution in [-0.2, 0) is 6.54 Å². The zero-order valence-electron chi connectivity index (χ0n) is 12.7. The molecule has 0 fully saturated rings. The van der Waals surface area contributed by atoms with Gasteiger partial charge in [-0.2, -0.15) is 0 Å². The van der Waals surface area contributed by atoms with E-state index in [4.69, 9.17) is 0 Å². The summed E-state index contributed by atoms with van der Waals surface area (Å²) in [6.07, 6.45) is 1.73. The fraction of sp³-hybridized carbons (Fsp3) is 0.105. The van der Waals surface area contributed by atoms with E-state index in [2.05, 4.69) is 92.0 Å². The number of halogens is 1. The second-order valence-electron chi connectivity index (χ2n) is 5.61.